The Labute approximate surface area is 471 Å². The third-order valence-corrected chi connectivity index (χ3v) is 20.7. The van der Waals surface area contributed by atoms with Crippen LogP contribution < -0.4 is 30.5 Å². The van der Waals surface area contributed by atoms with E-state index in [0.717, 1.165) is 78.3 Å². The minimum absolute atomic E-state index is 0.594. The van der Waals surface area contributed by atoms with E-state index in [9.17, 15) is 5.26 Å². The number of rotatable bonds is 12. The molecule has 0 aliphatic carbocycles. The molecule has 2 aromatic heterocycles. The van der Waals surface area contributed by atoms with Gasteiger partial charge in [0.1, 0.15) is 0 Å². The quantitative estimate of drug-likeness (QED) is 0.0696. The summed E-state index contributed by atoms with van der Waals surface area (Å²) in [5, 5.41) is 19.6. The molecule has 0 fully saturated rings. The van der Waals surface area contributed by atoms with E-state index in [0.29, 0.717) is 11.3 Å². The Bertz CT molecular complexity index is 4370. The Morgan fingerprint density at radius 3 is 1.04 bits per heavy atom. The lowest BCUT2D eigenvalue weighted by atomic mass is 10.1. The molecular formula is C74H50N6Si. The van der Waals surface area contributed by atoms with Crippen molar-refractivity contribution in [2.75, 3.05) is 9.80 Å². The summed E-state index contributed by atoms with van der Waals surface area (Å²) in [4.78, 5) is 8.36. The molecule has 0 aliphatic heterocycles. The number of nitrogens with zero attached hydrogens (tertiary/aromatic N) is 6. The molecule has 380 valence electrons. The van der Waals surface area contributed by atoms with Crippen molar-refractivity contribution in [1.82, 2.24) is 9.13 Å². The highest BCUT2D eigenvalue weighted by molar-refractivity contribution is 7.19. The Hall–Kier alpha value is -11.0. The second-order valence-corrected chi connectivity index (χ2v) is 24.1. The van der Waals surface area contributed by atoms with Crippen LogP contribution in [0, 0.1) is 17.9 Å². The van der Waals surface area contributed by atoms with Crippen molar-refractivity contribution in [3.05, 3.63) is 320 Å². The van der Waals surface area contributed by atoms with Gasteiger partial charge >= 0.3 is 0 Å². The molecule has 0 aliphatic rings. The van der Waals surface area contributed by atoms with Gasteiger partial charge in [0.25, 0.3) is 0 Å². The summed E-state index contributed by atoms with van der Waals surface area (Å²) in [7, 11) is -3.06. The van der Waals surface area contributed by atoms with Crippen molar-refractivity contribution < 1.29 is 0 Å². The van der Waals surface area contributed by atoms with Crippen LogP contribution in [0.5, 0.6) is 0 Å². The van der Waals surface area contributed by atoms with Gasteiger partial charge in [-0.05, 0) is 154 Å². The Morgan fingerprint density at radius 2 is 0.642 bits per heavy atom. The van der Waals surface area contributed by atoms with Gasteiger partial charge in [-0.2, -0.15) is 5.26 Å². The van der Waals surface area contributed by atoms with E-state index in [1.807, 2.05) is 36.4 Å². The number of hydrogen-bond acceptors (Lipinski definition) is 3. The predicted octanol–water partition coefficient (Wildman–Crippen LogP) is 16.6. The monoisotopic (exact) mass is 1050 g/mol. The van der Waals surface area contributed by atoms with Crippen molar-refractivity contribution in [2.45, 2.75) is 0 Å². The molecule has 0 spiro atoms. The van der Waals surface area contributed by atoms with E-state index in [-0.39, 0.29) is 0 Å². The van der Waals surface area contributed by atoms with Gasteiger partial charge in [0.05, 0.1) is 40.3 Å². The number of benzene rings is 12. The molecule has 0 radical (unpaired) electrons. The minimum atomic E-state index is -3.06. The molecule has 0 unspecified atom stereocenters. The topological polar surface area (TPSA) is 44.5 Å². The number of para-hydroxylation sites is 4. The first-order chi connectivity index (χ1) is 40.1. The molecule has 7 heteroatoms. The fourth-order valence-corrected chi connectivity index (χ4v) is 17.0. The molecule has 0 atom stereocenters. The second-order valence-electron chi connectivity index (χ2n) is 20.3. The van der Waals surface area contributed by atoms with E-state index in [1.165, 1.54) is 31.5 Å². The normalized spacial score (nSPS) is 11.4. The lowest BCUT2D eigenvalue weighted by Crippen LogP contribution is -2.74. The van der Waals surface area contributed by atoms with Crippen molar-refractivity contribution >= 4 is 112 Å². The van der Waals surface area contributed by atoms with Gasteiger partial charge in [-0.25, -0.2) is 4.85 Å². The maximum atomic E-state index is 9.90. The van der Waals surface area contributed by atoms with Crippen LogP contribution in [0.15, 0.2) is 303 Å². The zero-order valence-electron chi connectivity index (χ0n) is 44.1. The summed E-state index contributed by atoms with van der Waals surface area (Å²) in [5.41, 5.74) is 13.9. The molecule has 0 N–H and O–H groups in total. The number of nitriles is 1. The average Bonchev–Trinajstić information content (AvgIpc) is 4.30. The van der Waals surface area contributed by atoms with Crippen molar-refractivity contribution in [3.8, 4) is 17.4 Å². The number of aromatic nitrogens is 2. The third kappa shape index (κ3) is 8.33. The standard InChI is InChI=1S/C74H50N6Si/c1-76-54-32-36-58(37-33-54)78(62-43-49-74-70(51-62)68-27-15-17-29-72(68)80(74)56-20-8-3-9-21-56)60-40-46-66(47-41-60)81(63-22-10-4-11-23-63,64-24-12-5-13-25-64)65-44-38-59(39-45-65)77(57-34-30-53(52-75)31-35-57)61-42-48-73-69(50-61)67-26-14-16-28-71(67)79(73)55-18-6-2-7-19-55/h2-51H. The number of anilines is 6. The van der Waals surface area contributed by atoms with Gasteiger partial charge in [-0.1, -0.05) is 170 Å². The lowest BCUT2D eigenvalue weighted by molar-refractivity contribution is 1.18. The van der Waals surface area contributed by atoms with Crippen molar-refractivity contribution in [1.29, 1.82) is 5.26 Å². The van der Waals surface area contributed by atoms with Crippen LogP contribution in [-0.4, -0.2) is 17.2 Å². The summed E-state index contributed by atoms with van der Waals surface area (Å²) in [5.74, 6) is 0. The molecule has 0 amide bonds. The SMILES string of the molecule is [C-]#[N+]c1ccc(N(c2ccc([Si](c3ccccc3)(c3ccccc3)c3ccc(N(c4ccc(C#N)cc4)c4ccc5c(c4)c4ccccc4n5-c4ccccc4)cc3)cc2)c2ccc3c(c2)c2ccccc2n3-c2ccccc2)cc1. The van der Waals surface area contributed by atoms with Gasteiger partial charge in [-0.3, -0.25) is 0 Å². The number of fused-ring (bicyclic) bond motifs is 6. The highest BCUT2D eigenvalue weighted by atomic mass is 28.3. The van der Waals surface area contributed by atoms with Crippen LogP contribution in [0.25, 0.3) is 59.8 Å². The van der Waals surface area contributed by atoms with E-state index >= 15 is 0 Å². The summed E-state index contributed by atoms with van der Waals surface area (Å²) < 4.78 is 4.69. The summed E-state index contributed by atoms with van der Waals surface area (Å²) in [6, 6.07) is 111. The molecule has 81 heavy (non-hydrogen) atoms. The van der Waals surface area contributed by atoms with E-state index < -0.39 is 8.07 Å². The van der Waals surface area contributed by atoms with Gasteiger partial charge in [0, 0.05) is 67.0 Å². The predicted molar refractivity (Wildman–Crippen MR) is 339 cm³/mol. The fraction of sp³-hybridized carbons (Fsp3) is 0. The second kappa shape index (κ2) is 20.4. The highest BCUT2D eigenvalue weighted by Crippen LogP contribution is 2.42. The molecule has 0 saturated heterocycles. The van der Waals surface area contributed by atoms with E-state index in [2.05, 4.69) is 297 Å². The first-order valence-corrected chi connectivity index (χ1v) is 29.2. The van der Waals surface area contributed by atoms with Crippen LogP contribution >= 0.6 is 0 Å². The fourth-order valence-electron chi connectivity index (χ4n) is 12.3. The molecule has 14 aromatic rings. The van der Waals surface area contributed by atoms with E-state index in [4.69, 9.17) is 6.57 Å². The zero-order chi connectivity index (χ0) is 54.3. The minimum Gasteiger partial charge on any atom is -0.311 e. The van der Waals surface area contributed by atoms with Crippen LogP contribution in [0.3, 0.4) is 0 Å². The third-order valence-electron chi connectivity index (χ3n) is 15.9. The lowest BCUT2D eigenvalue weighted by Gasteiger charge is -2.35. The average molecular weight is 1050 g/mol. The van der Waals surface area contributed by atoms with Crippen LogP contribution in [-0.2, 0) is 0 Å². The maximum Gasteiger partial charge on any atom is 0.187 e. The first-order valence-electron chi connectivity index (χ1n) is 27.2. The molecule has 14 rings (SSSR count). The molecule has 2 heterocycles. The van der Waals surface area contributed by atoms with Crippen LogP contribution in [0.2, 0.25) is 0 Å². The Kier molecular flexibility index (Phi) is 12.2. The van der Waals surface area contributed by atoms with Gasteiger partial charge in [0.2, 0.25) is 0 Å². The maximum absolute atomic E-state index is 9.90. The Balaban J connectivity index is 0.919. The van der Waals surface area contributed by atoms with Gasteiger partial charge < -0.3 is 18.9 Å². The molecule has 0 bridgehead atoms. The number of hydrogen-bond donors (Lipinski definition) is 0. The Morgan fingerprint density at radius 1 is 0.321 bits per heavy atom. The summed E-state index contributed by atoms with van der Waals surface area (Å²) in [6.45, 7) is 7.79. The van der Waals surface area contributed by atoms with E-state index in [1.54, 1.807) is 0 Å². The first kappa shape index (κ1) is 48.4. The highest BCUT2D eigenvalue weighted by Gasteiger charge is 2.41. The molecular weight excluding hydrogens is 1000 g/mol. The van der Waals surface area contributed by atoms with Crippen LogP contribution in [0.1, 0.15) is 5.56 Å². The van der Waals surface area contributed by atoms with Crippen molar-refractivity contribution in [3.63, 3.8) is 0 Å². The van der Waals surface area contributed by atoms with Gasteiger partial charge in [-0.15, -0.1) is 0 Å². The molecule has 12 aromatic carbocycles. The molecule has 6 nitrogen and oxygen atoms in total. The zero-order valence-corrected chi connectivity index (χ0v) is 45.1. The van der Waals surface area contributed by atoms with Crippen molar-refractivity contribution in [2.24, 2.45) is 0 Å². The summed E-state index contributed by atoms with van der Waals surface area (Å²) >= 11 is 0. The van der Waals surface area contributed by atoms with Gasteiger partial charge in [0.15, 0.2) is 13.8 Å². The smallest absolute Gasteiger partial charge is 0.187 e. The molecule has 0 saturated carbocycles. The summed E-state index contributed by atoms with van der Waals surface area (Å²) in [6.07, 6.45) is 0. The van der Waals surface area contributed by atoms with Crippen LogP contribution in [0.4, 0.5) is 39.8 Å². The largest absolute Gasteiger partial charge is 0.311 e.